The van der Waals surface area contributed by atoms with Crippen molar-refractivity contribution in [1.29, 1.82) is 0 Å². The number of pyridine rings is 1. The van der Waals surface area contributed by atoms with E-state index in [1.165, 1.54) is 0 Å². The van der Waals surface area contributed by atoms with Crippen LogP contribution in [0.15, 0.2) is 48.7 Å². The highest BCUT2D eigenvalue weighted by Crippen LogP contribution is 2.29. The van der Waals surface area contributed by atoms with E-state index in [1.807, 2.05) is 42.5 Å². The number of fused-ring (bicyclic) bond motifs is 2. The third-order valence-electron chi connectivity index (χ3n) is 5.15. The van der Waals surface area contributed by atoms with Gasteiger partial charge >= 0.3 is 0 Å². The van der Waals surface area contributed by atoms with Gasteiger partial charge in [-0.15, -0.1) is 0 Å². The minimum atomic E-state index is -0.235. The van der Waals surface area contributed by atoms with E-state index in [9.17, 15) is 9.59 Å². The van der Waals surface area contributed by atoms with E-state index in [4.69, 9.17) is 0 Å². The van der Waals surface area contributed by atoms with Gasteiger partial charge in [-0.2, -0.15) is 0 Å². The SMILES string of the molecule is CCCCCNC(=O)c1nc(C(=O)N2CCc3ccccc32)n2ccccc12. The Labute approximate surface area is 164 Å². The zero-order valence-corrected chi connectivity index (χ0v) is 16.0. The molecule has 0 bridgehead atoms. The Morgan fingerprint density at radius 3 is 2.79 bits per heavy atom. The molecule has 6 heteroatoms. The molecule has 0 fully saturated rings. The lowest BCUT2D eigenvalue weighted by Gasteiger charge is -2.16. The van der Waals surface area contributed by atoms with E-state index in [1.54, 1.807) is 15.5 Å². The quantitative estimate of drug-likeness (QED) is 0.670. The van der Waals surface area contributed by atoms with Gasteiger partial charge in [0.1, 0.15) is 0 Å². The van der Waals surface area contributed by atoms with Crippen LogP contribution in [0.2, 0.25) is 0 Å². The Bertz CT molecular complexity index is 1020. The van der Waals surface area contributed by atoms with Crippen LogP contribution in [0.5, 0.6) is 0 Å². The van der Waals surface area contributed by atoms with Gasteiger partial charge in [0.05, 0.1) is 5.52 Å². The van der Waals surface area contributed by atoms with Crippen LogP contribution in [-0.4, -0.2) is 34.3 Å². The average molecular weight is 376 g/mol. The van der Waals surface area contributed by atoms with Crippen molar-refractivity contribution in [3.63, 3.8) is 0 Å². The molecule has 2 aromatic heterocycles. The number of anilines is 1. The zero-order chi connectivity index (χ0) is 19.5. The van der Waals surface area contributed by atoms with E-state index in [-0.39, 0.29) is 17.6 Å². The number of nitrogens with zero attached hydrogens (tertiary/aromatic N) is 3. The Morgan fingerprint density at radius 1 is 1.11 bits per heavy atom. The van der Waals surface area contributed by atoms with Crippen LogP contribution < -0.4 is 10.2 Å². The van der Waals surface area contributed by atoms with Crippen molar-refractivity contribution >= 4 is 23.0 Å². The van der Waals surface area contributed by atoms with E-state index in [0.29, 0.717) is 24.3 Å². The standard InChI is InChI=1S/C22H24N4O2/c1-2-3-7-13-23-21(27)19-18-11-6-8-14-25(18)20(24-19)22(28)26-15-12-16-9-4-5-10-17(16)26/h4-6,8-11,14H,2-3,7,12-13,15H2,1H3,(H,23,27). The maximum Gasteiger partial charge on any atom is 0.294 e. The van der Waals surface area contributed by atoms with Crippen molar-refractivity contribution in [1.82, 2.24) is 14.7 Å². The third-order valence-corrected chi connectivity index (χ3v) is 5.15. The molecule has 144 valence electrons. The van der Waals surface area contributed by atoms with Crippen LogP contribution in [0.25, 0.3) is 5.52 Å². The fraction of sp³-hybridized carbons (Fsp3) is 0.318. The summed E-state index contributed by atoms with van der Waals surface area (Å²) in [6, 6.07) is 13.4. The second kappa shape index (κ2) is 7.84. The first-order chi connectivity index (χ1) is 13.7. The topological polar surface area (TPSA) is 66.7 Å². The molecule has 1 aliphatic heterocycles. The Hall–Kier alpha value is -3.15. The number of hydrogen-bond acceptors (Lipinski definition) is 3. The molecule has 4 rings (SSSR count). The number of aromatic nitrogens is 2. The molecule has 0 unspecified atom stereocenters. The number of unbranched alkanes of at least 4 members (excludes halogenated alkanes) is 2. The molecule has 3 aromatic rings. The number of imidazole rings is 1. The van der Waals surface area contributed by atoms with Crippen molar-refractivity contribution in [3.05, 3.63) is 65.7 Å². The minimum Gasteiger partial charge on any atom is -0.351 e. The Morgan fingerprint density at radius 2 is 1.93 bits per heavy atom. The summed E-state index contributed by atoms with van der Waals surface area (Å²) >= 11 is 0. The average Bonchev–Trinajstić information content (AvgIpc) is 3.33. The molecule has 0 saturated heterocycles. The first kappa shape index (κ1) is 18.2. The van der Waals surface area contributed by atoms with Gasteiger partial charge in [0.15, 0.2) is 5.69 Å². The molecule has 1 aliphatic rings. The van der Waals surface area contributed by atoms with Gasteiger partial charge in [-0.05, 0) is 36.6 Å². The molecule has 1 aromatic carbocycles. The predicted molar refractivity (Wildman–Crippen MR) is 109 cm³/mol. The third kappa shape index (κ3) is 3.26. The molecule has 0 atom stereocenters. The first-order valence-electron chi connectivity index (χ1n) is 9.85. The van der Waals surface area contributed by atoms with E-state index in [2.05, 4.69) is 17.2 Å². The molecule has 0 aliphatic carbocycles. The number of benzene rings is 1. The smallest absolute Gasteiger partial charge is 0.294 e. The number of amides is 2. The molecular formula is C22H24N4O2. The normalized spacial score (nSPS) is 13.0. The molecule has 0 radical (unpaired) electrons. The number of para-hydroxylation sites is 1. The highest BCUT2D eigenvalue weighted by Gasteiger charge is 2.29. The van der Waals surface area contributed by atoms with Gasteiger partial charge in [-0.1, -0.05) is 44.0 Å². The number of hydrogen-bond donors (Lipinski definition) is 1. The lowest BCUT2D eigenvalue weighted by Crippen LogP contribution is -2.30. The molecule has 28 heavy (non-hydrogen) atoms. The van der Waals surface area contributed by atoms with Crippen molar-refractivity contribution in [2.24, 2.45) is 0 Å². The summed E-state index contributed by atoms with van der Waals surface area (Å²) < 4.78 is 1.71. The van der Waals surface area contributed by atoms with E-state index < -0.39 is 0 Å². The minimum absolute atomic E-state index is 0.184. The monoisotopic (exact) mass is 376 g/mol. The molecule has 3 heterocycles. The van der Waals surface area contributed by atoms with Crippen molar-refractivity contribution in [3.8, 4) is 0 Å². The molecule has 2 amide bonds. The summed E-state index contributed by atoms with van der Waals surface area (Å²) in [7, 11) is 0. The second-order valence-electron chi connectivity index (χ2n) is 7.04. The fourth-order valence-corrected chi connectivity index (χ4v) is 3.69. The van der Waals surface area contributed by atoms with Crippen molar-refractivity contribution in [2.75, 3.05) is 18.0 Å². The van der Waals surface area contributed by atoms with Crippen LogP contribution >= 0.6 is 0 Å². The molecule has 0 saturated carbocycles. The lowest BCUT2D eigenvalue weighted by molar-refractivity contribution is 0.0950. The predicted octanol–water partition coefficient (Wildman–Crippen LogP) is 3.46. The van der Waals surface area contributed by atoms with E-state index in [0.717, 1.165) is 36.9 Å². The summed E-state index contributed by atoms with van der Waals surface area (Å²) in [6.07, 6.45) is 5.72. The summed E-state index contributed by atoms with van der Waals surface area (Å²) in [6.45, 7) is 3.36. The van der Waals surface area contributed by atoms with Crippen LogP contribution in [0, 0.1) is 0 Å². The van der Waals surface area contributed by atoms with Gasteiger partial charge in [-0.3, -0.25) is 14.0 Å². The highest BCUT2D eigenvalue weighted by molar-refractivity contribution is 6.08. The molecule has 6 nitrogen and oxygen atoms in total. The number of nitrogens with one attached hydrogen (secondary N) is 1. The Balaban J connectivity index is 1.65. The lowest BCUT2D eigenvalue weighted by atomic mass is 10.2. The summed E-state index contributed by atoms with van der Waals surface area (Å²) in [5.74, 6) is -0.150. The van der Waals surface area contributed by atoms with Crippen LogP contribution in [0.4, 0.5) is 5.69 Å². The van der Waals surface area contributed by atoms with Gasteiger partial charge in [-0.25, -0.2) is 4.98 Å². The number of carbonyl (C=O) groups excluding carboxylic acids is 2. The second-order valence-corrected chi connectivity index (χ2v) is 7.04. The van der Waals surface area contributed by atoms with Crippen molar-refractivity contribution < 1.29 is 9.59 Å². The fourth-order valence-electron chi connectivity index (χ4n) is 3.69. The van der Waals surface area contributed by atoms with Gasteiger partial charge in [0.25, 0.3) is 11.8 Å². The van der Waals surface area contributed by atoms with Crippen LogP contribution in [0.1, 0.15) is 52.9 Å². The maximum absolute atomic E-state index is 13.3. The molecular weight excluding hydrogens is 352 g/mol. The number of carbonyl (C=O) groups is 2. The van der Waals surface area contributed by atoms with Crippen LogP contribution in [-0.2, 0) is 6.42 Å². The van der Waals surface area contributed by atoms with Gasteiger partial charge in [0.2, 0.25) is 5.82 Å². The first-order valence-corrected chi connectivity index (χ1v) is 9.85. The van der Waals surface area contributed by atoms with E-state index >= 15 is 0 Å². The van der Waals surface area contributed by atoms with Gasteiger partial charge < -0.3 is 10.2 Å². The van der Waals surface area contributed by atoms with Gasteiger partial charge in [0, 0.05) is 25.0 Å². The zero-order valence-electron chi connectivity index (χ0n) is 16.0. The molecule has 0 spiro atoms. The number of rotatable bonds is 6. The largest absolute Gasteiger partial charge is 0.351 e. The maximum atomic E-state index is 13.3. The van der Waals surface area contributed by atoms with Crippen LogP contribution in [0.3, 0.4) is 0 Å². The summed E-state index contributed by atoms with van der Waals surface area (Å²) in [4.78, 5) is 32.2. The summed E-state index contributed by atoms with van der Waals surface area (Å²) in [5, 5.41) is 2.92. The molecule has 1 N–H and O–H groups in total. The Kier molecular flexibility index (Phi) is 5.10. The van der Waals surface area contributed by atoms with Crippen molar-refractivity contribution in [2.45, 2.75) is 32.6 Å². The highest BCUT2D eigenvalue weighted by atomic mass is 16.2. The summed E-state index contributed by atoms with van der Waals surface area (Å²) in [5.41, 5.74) is 3.02.